The predicted molar refractivity (Wildman–Crippen MR) is 117 cm³/mol. The minimum Gasteiger partial charge on any atom is -0.380 e. The van der Waals surface area contributed by atoms with Crippen molar-refractivity contribution in [1.29, 1.82) is 0 Å². The topological polar surface area (TPSA) is 96.4 Å². The van der Waals surface area contributed by atoms with Crippen LogP contribution in [0.2, 0.25) is 0 Å². The van der Waals surface area contributed by atoms with E-state index in [1.54, 1.807) is 29.2 Å². The monoisotopic (exact) mass is 463 g/mol. The van der Waals surface area contributed by atoms with E-state index in [1.165, 1.54) is 6.07 Å². The molecule has 2 saturated heterocycles. The van der Waals surface area contributed by atoms with Crippen LogP contribution in [0.1, 0.15) is 26.4 Å². The van der Waals surface area contributed by atoms with Gasteiger partial charge in [-0.3, -0.25) is 9.59 Å². The highest BCUT2D eigenvalue weighted by Gasteiger charge is 2.50. The number of ether oxygens (including phenoxy) is 1. The van der Waals surface area contributed by atoms with Gasteiger partial charge in [0.05, 0.1) is 36.4 Å². The molecule has 8 nitrogen and oxygen atoms in total. The Morgan fingerprint density at radius 2 is 1.74 bits per heavy atom. The van der Waals surface area contributed by atoms with Crippen molar-refractivity contribution in [3.63, 3.8) is 0 Å². The SMILES string of the molecule is O=C1NCc2nc(-c3c(F)cccc3F)nc(Nc3ccc(C(=O)N4CC5(COC5)C4)cc3)c21. The number of amides is 2. The highest BCUT2D eigenvalue weighted by Crippen LogP contribution is 2.38. The van der Waals surface area contributed by atoms with Gasteiger partial charge in [0, 0.05) is 24.3 Å². The maximum Gasteiger partial charge on any atom is 0.257 e. The fourth-order valence-electron chi connectivity index (χ4n) is 4.54. The first kappa shape index (κ1) is 20.7. The number of nitrogens with zero attached hydrogens (tertiary/aromatic N) is 3. The number of carbonyl (C=O) groups excluding carboxylic acids is 2. The van der Waals surface area contributed by atoms with Crippen LogP contribution in [-0.4, -0.2) is 53.0 Å². The van der Waals surface area contributed by atoms with Crippen LogP contribution in [0.3, 0.4) is 0 Å². The lowest BCUT2D eigenvalue weighted by atomic mass is 9.78. The molecule has 3 aliphatic heterocycles. The van der Waals surface area contributed by atoms with E-state index in [0.717, 1.165) is 12.1 Å². The zero-order chi connectivity index (χ0) is 23.4. The molecule has 0 bridgehead atoms. The second-order valence-corrected chi connectivity index (χ2v) is 8.85. The van der Waals surface area contributed by atoms with Gasteiger partial charge < -0.3 is 20.3 Å². The molecule has 172 valence electrons. The molecule has 3 aliphatic rings. The van der Waals surface area contributed by atoms with Gasteiger partial charge >= 0.3 is 0 Å². The van der Waals surface area contributed by atoms with Gasteiger partial charge in [0.1, 0.15) is 23.0 Å². The second-order valence-electron chi connectivity index (χ2n) is 8.85. The molecule has 1 aromatic heterocycles. The largest absolute Gasteiger partial charge is 0.380 e. The van der Waals surface area contributed by atoms with Crippen molar-refractivity contribution >= 4 is 23.3 Å². The summed E-state index contributed by atoms with van der Waals surface area (Å²) in [6.45, 7) is 2.93. The number of benzene rings is 2. The fourth-order valence-corrected chi connectivity index (χ4v) is 4.54. The number of hydrogen-bond donors (Lipinski definition) is 2. The van der Waals surface area contributed by atoms with Crippen LogP contribution in [0.25, 0.3) is 11.4 Å². The lowest BCUT2D eigenvalue weighted by Crippen LogP contribution is -2.67. The molecule has 2 N–H and O–H groups in total. The molecule has 2 aromatic carbocycles. The third-order valence-electron chi connectivity index (χ3n) is 6.36. The highest BCUT2D eigenvalue weighted by molar-refractivity contribution is 6.03. The summed E-state index contributed by atoms with van der Waals surface area (Å²) >= 11 is 0. The van der Waals surface area contributed by atoms with Gasteiger partial charge in [-0.15, -0.1) is 0 Å². The standard InChI is InChI=1S/C24H19F2N5O3/c25-15-2-1-3-16(26)18(15)20-29-17-8-27-22(32)19(17)21(30-20)28-14-6-4-13(5-7-14)23(33)31-9-24(10-31)11-34-12-24/h1-7H,8-12H2,(H,27,32)(H,28,29,30). The number of nitrogens with one attached hydrogen (secondary N) is 2. The summed E-state index contributed by atoms with van der Waals surface area (Å²) in [5.41, 5.74) is 1.44. The Morgan fingerprint density at radius 3 is 2.38 bits per heavy atom. The van der Waals surface area contributed by atoms with Crippen LogP contribution < -0.4 is 10.6 Å². The van der Waals surface area contributed by atoms with Crippen molar-refractivity contribution in [3.05, 3.63) is 70.9 Å². The van der Waals surface area contributed by atoms with Gasteiger partial charge in [0.15, 0.2) is 5.82 Å². The summed E-state index contributed by atoms with van der Waals surface area (Å²) in [5, 5.41) is 5.70. The van der Waals surface area contributed by atoms with Crippen molar-refractivity contribution in [2.45, 2.75) is 6.54 Å². The molecule has 4 heterocycles. The number of fused-ring (bicyclic) bond motifs is 1. The van der Waals surface area contributed by atoms with Gasteiger partial charge in [-0.1, -0.05) is 6.07 Å². The van der Waals surface area contributed by atoms with Gasteiger partial charge in [0.2, 0.25) is 0 Å². The molecule has 0 unspecified atom stereocenters. The summed E-state index contributed by atoms with van der Waals surface area (Å²) in [6.07, 6.45) is 0. The zero-order valence-electron chi connectivity index (χ0n) is 17.9. The van der Waals surface area contributed by atoms with E-state index in [1.807, 2.05) is 0 Å². The molecular weight excluding hydrogens is 444 g/mol. The zero-order valence-corrected chi connectivity index (χ0v) is 17.9. The van der Waals surface area contributed by atoms with Crippen LogP contribution in [0.5, 0.6) is 0 Å². The van der Waals surface area contributed by atoms with Gasteiger partial charge in [-0.25, -0.2) is 18.7 Å². The maximum absolute atomic E-state index is 14.4. The van der Waals surface area contributed by atoms with Gasteiger partial charge in [0.25, 0.3) is 11.8 Å². The van der Waals surface area contributed by atoms with Crippen molar-refractivity contribution in [2.24, 2.45) is 5.41 Å². The average molecular weight is 463 g/mol. The molecule has 2 fully saturated rings. The molecule has 10 heteroatoms. The van der Waals surface area contributed by atoms with E-state index in [4.69, 9.17) is 4.74 Å². The molecule has 0 aliphatic carbocycles. The Kier molecular flexibility index (Phi) is 4.59. The smallest absolute Gasteiger partial charge is 0.257 e. The van der Waals surface area contributed by atoms with E-state index >= 15 is 0 Å². The first-order valence-electron chi connectivity index (χ1n) is 10.8. The molecule has 34 heavy (non-hydrogen) atoms. The Balaban J connectivity index is 1.28. The first-order chi connectivity index (χ1) is 16.4. The molecule has 2 amide bonds. The Morgan fingerprint density at radius 1 is 1.03 bits per heavy atom. The molecule has 1 spiro atoms. The lowest BCUT2D eigenvalue weighted by Gasteiger charge is -2.54. The van der Waals surface area contributed by atoms with Crippen LogP contribution in [-0.2, 0) is 11.3 Å². The third-order valence-corrected chi connectivity index (χ3v) is 6.36. The minimum atomic E-state index is -0.799. The third kappa shape index (κ3) is 3.29. The quantitative estimate of drug-likeness (QED) is 0.618. The number of hydrogen-bond acceptors (Lipinski definition) is 6. The Hall–Kier alpha value is -3.92. The summed E-state index contributed by atoms with van der Waals surface area (Å²) in [6, 6.07) is 10.3. The Labute approximate surface area is 193 Å². The summed E-state index contributed by atoms with van der Waals surface area (Å²) in [4.78, 5) is 35.4. The summed E-state index contributed by atoms with van der Waals surface area (Å²) < 4.78 is 34.0. The molecule has 3 aromatic rings. The lowest BCUT2D eigenvalue weighted by molar-refractivity contribution is -0.176. The van der Waals surface area contributed by atoms with E-state index in [0.29, 0.717) is 43.2 Å². The molecule has 6 rings (SSSR count). The van der Waals surface area contributed by atoms with Crippen molar-refractivity contribution in [1.82, 2.24) is 20.2 Å². The normalized spacial score (nSPS) is 17.6. The van der Waals surface area contributed by atoms with Crippen molar-refractivity contribution < 1.29 is 23.1 Å². The highest BCUT2D eigenvalue weighted by atomic mass is 19.1. The molecule has 0 radical (unpaired) electrons. The predicted octanol–water partition coefficient (Wildman–Crippen LogP) is 2.88. The number of anilines is 2. The van der Waals surface area contributed by atoms with Crippen LogP contribution in [0.15, 0.2) is 42.5 Å². The minimum absolute atomic E-state index is 0.0521. The molecule has 0 saturated carbocycles. The van der Waals surface area contributed by atoms with Crippen LogP contribution >= 0.6 is 0 Å². The summed E-state index contributed by atoms with van der Waals surface area (Å²) in [5.74, 6) is -2.06. The average Bonchev–Trinajstić information content (AvgIpc) is 3.13. The number of aromatic nitrogens is 2. The number of rotatable bonds is 4. The van der Waals surface area contributed by atoms with Gasteiger partial charge in [-0.05, 0) is 36.4 Å². The summed E-state index contributed by atoms with van der Waals surface area (Å²) in [7, 11) is 0. The second kappa shape index (κ2) is 7.56. The number of carbonyl (C=O) groups is 2. The number of likely N-dealkylation sites (tertiary alicyclic amines) is 1. The van der Waals surface area contributed by atoms with E-state index in [2.05, 4.69) is 20.6 Å². The van der Waals surface area contributed by atoms with Crippen molar-refractivity contribution in [3.8, 4) is 11.4 Å². The van der Waals surface area contributed by atoms with E-state index in [9.17, 15) is 18.4 Å². The van der Waals surface area contributed by atoms with Crippen LogP contribution in [0.4, 0.5) is 20.3 Å². The van der Waals surface area contributed by atoms with Crippen molar-refractivity contribution in [2.75, 3.05) is 31.6 Å². The molecular formula is C24H19F2N5O3. The van der Waals surface area contributed by atoms with Gasteiger partial charge in [-0.2, -0.15) is 0 Å². The van der Waals surface area contributed by atoms with Crippen LogP contribution in [0, 0.1) is 17.0 Å². The first-order valence-corrected chi connectivity index (χ1v) is 10.8. The maximum atomic E-state index is 14.4. The molecule has 0 atom stereocenters. The van der Waals surface area contributed by atoms with E-state index in [-0.39, 0.29) is 46.5 Å². The fraction of sp³-hybridized carbons (Fsp3) is 0.250. The van der Waals surface area contributed by atoms with E-state index < -0.39 is 11.6 Å². The Bertz CT molecular complexity index is 1310. The number of halogens is 2.